The van der Waals surface area contributed by atoms with E-state index in [1.54, 1.807) is 18.6 Å². The van der Waals surface area contributed by atoms with E-state index >= 15 is 0 Å². The molecule has 0 atom stereocenters. The zero-order chi connectivity index (χ0) is 25.1. The van der Waals surface area contributed by atoms with Crippen LogP contribution in [0.1, 0.15) is 0 Å². The molecular weight excluding hydrogens is 507 g/mol. The molecule has 0 unspecified atom stereocenters. The van der Waals surface area contributed by atoms with Gasteiger partial charge in [-0.1, -0.05) is 66.7 Å². The fourth-order valence-corrected chi connectivity index (χ4v) is 4.02. The van der Waals surface area contributed by atoms with Crippen molar-refractivity contribution in [1.82, 2.24) is 15.0 Å². The third kappa shape index (κ3) is 6.59. The Morgan fingerprint density at radius 1 is 0.368 bits per heavy atom. The van der Waals surface area contributed by atoms with Crippen LogP contribution < -0.4 is 4.90 Å². The second kappa shape index (κ2) is 13.7. The molecule has 1 radical (unpaired) electrons. The number of anilines is 3. The molecule has 0 bridgehead atoms. The Bertz CT molecular complexity index is 1350. The molecule has 0 N–H and O–H groups in total. The summed E-state index contributed by atoms with van der Waals surface area (Å²) in [5, 5.41) is 0. The molecule has 0 spiro atoms. The van der Waals surface area contributed by atoms with Gasteiger partial charge < -0.3 is 4.90 Å². The zero-order valence-corrected chi connectivity index (χ0v) is 21.9. The molecule has 0 fully saturated rings. The van der Waals surface area contributed by atoms with E-state index in [2.05, 4.69) is 92.6 Å². The first-order valence-corrected chi connectivity index (χ1v) is 12.1. The summed E-state index contributed by atoms with van der Waals surface area (Å²) in [6, 6.07) is 46.8. The number of para-hydroxylation sites is 3. The van der Waals surface area contributed by atoms with Gasteiger partial charge in [0.15, 0.2) is 0 Å². The zero-order valence-electron chi connectivity index (χ0n) is 20.7. The Labute approximate surface area is 234 Å². The van der Waals surface area contributed by atoms with Crippen molar-refractivity contribution in [2.45, 2.75) is 0 Å². The Balaban J connectivity index is 0.000000173. The molecule has 6 rings (SSSR count). The first kappa shape index (κ1) is 26.5. The number of hydrogen-bond donors (Lipinski definition) is 0. The molecule has 5 heteroatoms. The topological polar surface area (TPSA) is 41.9 Å². The van der Waals surface area contributed by atoms with Crippen LogP contribution in [0.4, 0.5) is 17.1 Å². The van der Waals surface area contributed by atoms with Crippen LogP contribution in [-0.2, 0) is 17.1 Å². The molecule has 3 heterocycles. The Morgan fingerprint density at radius 2 is 0.789 bits per heavy atom. The largest absolute Gasteiger partial charge is 0.311 e. The molecule has 3 aromatic heterocycles. The van der Waals surface area contributed by atoms with E-state index in [1.807, 2.05) is 66.7 Å². The van der Waals surface area contributed by atoms with Crippen molar-refractivity contribution >= 4 is 17.1 Å². The van der Waals surface area contributed by atoms with E-state index in [1.165, 1.54) is 17.1 Å². The summed E-state index contributed by atoms with van der Waals surface area (Å²) >= 11 is 0. The maximum absolute atomic E-state index is 4.42. The van der Waals surface area contributed by atoms with Gasteiger partial charge in [0.2, 0.25) is 0 Å². The Hall–Kier alpha value is -4.57. The molecule has 38 heavy (non-hydrogen) atoms. The van der Waals surface area contributed by atoms with Gasteiger partial charge in [0.1, 0.15) is 0 Å². The summed E-state index contributed by atoms with van der Waals surface area (Å²) < 4.78 is 0. The molecule has 0 aliphatic carbocycles. The minimum absolute atomic E-state index is 0. The van der Waals surface area contributed by atoms with E-state index in [9.17, 15) is 0 Å². The fourth-order valence-electron chi connectivity index (χ4n) is 4.02. The van der Waals surface area contributed by atoms with Gasteiger partial charge in [-0.15, -0.1) is 0 Å². The number of nitrogens with zero attached hydrogens (tertiary/aromatic N) is 4. The second-order valence-corrected chi connectivity index (χ2v) is 8.17. The molecular formula is C33H26MnN4. The SMILES string of the molecule is [Mn].c1ccc(-c2cccnc2-c2ccccn2)nc1.c1ccc(N(c2ccccc2)c2ccccc2)cc1. The van der Waals surface area contributed by atoms with Gasteiger partial charge in [0.25, 0.3) is 0 Å². The van der Waals surface area contributed by atoms with Gasteiger partial charge >= 0.3 is 0 Å². The van der Waals surface area contributed by atoms with Crippen molar-refractivity contribution in [3.63, 3.8) is 0 Å². The van der Waals surface area contributed by atoms with Gasteiger partial charge in [-0.2, -0.15) is 0 Å². The molecule has 0 saturated carbocycles. The number of aromatic nitrogens is 3. The summed E-state index contributed by atoms with van der Waals surface area (Å²) in [4.78, 5) is 15.4. The third-order valence-corrected chi connectivity index (χ3v) is 5.70. The number of benzene rings is 3. The molecule has 0 amide bonds. The minimum atomic E-state index is 0. The second-order valence-electron chi connectivity index (χ2n) is 8.17. The van der Waals surface area contributed by atoms with Crippen LogP contribution >= 0.6 is 0 Å². The monoisotopic (exact) mass is 533 g/mol. The minimum Gasteiger partial charge on any atom is -0.311 e. The summed E-state index contributed by atoms with van der Waals surface area (Å²) in [5.74, 6) is 0. The van der Waals surface area contributed by atoms with Crippen molar-refractivity contribution in [3.05, 3.63) is 158 Å². The van der Waals surface area contributed by atoms with Crippen molar-refractivity contribution < 1.29 is 17.1 Å². The van der Waals surface area contributed by atoms with Gasteiger partial charge in [0, 0.05) is 58.3 Å². The van der Waals surface area contributed by atoms with E-state index in [0.717, 1.165) is 22.6 Å². The number of hydrogen-bond acceptors (Lipinski definition) is 4. The summed E-state index contributed by atoms with van der Waals surface area (Å²) in [6.45, 7) is 0. The predicted molar refractivity (Wildman–Crippen MR) is 152 cm³/mol. The third-order valence-electron chi connectivity index (χ3n) is 5.70. The maximum atomic E-state index is 4.42. The predicted octanol–water partition coefficient (Wildman–Crippen LogP) is 8.36. The van der Waals surface area contributed by atoms with Crippen molar-refractivity contribution in [2.75, 3.05) is 4.90 Å². The molecule has 0 aliphatic rings. The van der Waals surface area contributed by atoms with Crippen LogP contribution in [-0.4, -0.2) is 15.0 Å². The quantitative estimate of drug-likeness (QED) is 0.209. The maximum Gasteiger partial charge on any atom is 0.0980 e. The Kier molecular flexibility index (Phi) is 9.52. The molecule has 0 saturated heterocycles. The standard InChI is InChI=1S/C18H15N.C15H11N3.Mn/c1-4-10-16(11-5-1)19(17-12-6-2-7-13-17)18-14-8-3-9-15-18;1-3-9-16-13(7-1)12-6-5-11-18-15(12)14-8-2-4-10-17-14;/h1-15H;1-11H;. The average molecular weight is 534 g/mol. The smallest absolute Gasteiger partial charge is 0.0980 e. The van der Waals surface area contributed by atoms with E-state index in [4.69, 9.17) is 0 Å². The van der Waals surface area contributed by atoms with Gasteiger partial charge in [-0.05, 0) is 72.8 Å². The normalized spacial score (nSPS) is 9.89. The van der Waals surface area contributed by atoms with Crippen LogP contribution in [0, 0.1) is 0 Å². The van der Waals surface area contributed by atoms with Crippen LogP contribution in [0.2, 0.25) is 0 Å². The Morgan fingerprint density at radius 3 is 1.24 bits per heavy atom. The van der Waals surface area contributed by atoms with E-state index in [-0.39, 0.29) is 17.1 Å². The molecule has 185 valence electrons. The van der Waals surface area contributed by atoms with Crippen molar-refractivity contribution in [2.24, 2.45) is 0 Å². The number of rotatable bonds is 5. The van der Waals surface area contributed by atoms with Gasteiger partial charge in [-0.25, -0.2) is 0 Å². The first-order valence-electron chi connectivity index (χ1n) is 12.1. The molecule has 4 nitrogen and oxygen atoms in total. The molecule has 6 aromatic rings. The van der Waals surface area contributed by atoms with Crippen LogP contribution in [0.5, 0.6) is 0 Å². The first-order chi connectivity index (χ1) is 18.4. The van der Waals surface area contributed by atoms with E-state index in [0.29, 0.717) is 0 Å². The van der Waals surface area contributed by atoms with E-state index < -0.39 is 0 Å². The van der Waals surface area contributed by atoms with Crippen LogP contribution in [0.3, 0.4) is 0 Å². The van der Waals surface area contributed by atoms with Crippen molar-refractivity contribution in [3.8, 4) is 22.6 Å². The average Bonchev–Trinajstić information content (AvgIpc) is 3.00. The summed E-state index contributed by atoms with van der Waals surface area (Å²) in [7, 11) is 0. The van der Waals surface area contributed by atoms with Crippen LogP contribution in [0.15, 0.2) is 158 Å². The summed E-state index contributed by atoms with van der Waals surface area (Å²) in [6.07, 6.45) is 5.33. The van der Waals surface area contributed by atoms with Crippen LogP contribution in [0.25, 0.3) is 22.6 Å². The number of pyridine rings is 3. The fraction of sp³-hybridized carbons (Fsp3) is 0. The molecule has 0 aliphatic heterocycles. The van der Waals surface area contributed by atoms with Gasteiger partial charge in [-0.3, -0.25) is 15.0 Å². The van der Waals surface area contributed by atoms with Gasteiger partial charge in [0.05, 0.1) is 17.1 Å². The summed E-state index contributed by atoms with van der Waals surface area (Å²) in [5.41, 5.74) is 7.12. The molecule has 3 aromatic carbocycles. The van der Waals surface area contributed by atoms with Crippen molar-refractivity contribution in [1.29, 1.82) is 0 Å².